The molecular formula is C21H24F3N3O3S. The van der Waals surface area contributed by atoms with Gasteiger partial charge in [-0.1, -0.05) is 30.3 Å². The van der Waals surface area contributed by atoms with Crippen LogP contribution in [-0.2, 0) is 27.5 Å². The minimum Gasteiger partial charge on any atom is -0.339 e. The summed E-state index contributed by atoms with van der Waals surface area (Å²) in [6.45, 7) is 2.21. The summed E-state index contributed by atoms with van der Waals surface area (Å²) < 4.78 is 64.2. The van der Waals surface area contributed by atoms with Gasteiger partial charge in [0.05, 0.1) is 17.0 Å². The van der Waals surface area contributed by atoms with E-state index in [-0.39, 0.29) is 17.3 Å². The van der Waals surface area contributed by atoms with E-state index in [9.17, 15) is 26.4 Å². The van der Waals surface area contributed by atoms with Gasteiger partial charge in [0.2, 0.25) is 15.9 Å². The molecule has 1 aliphatic heterocycles. The summed E-state index contributed by atoms with van der Waals surface area (Å²) in [5, 5.41) is 0. The van der Waals surface area contributed by atoms with Crippen LogP contribution in [0.5, 0.6) is 0 Å². The Hall–Kier alpha value is -2.43. The zero-order valence-electron chi connectivity index (χ0n) is 17.0. The van der Waals surface area contributed by atoms with E-state index in [0.717, 1.165) is 22.0 Å². The number of hydrogen-bond acceptors (Lipinski definition) is 4. The van der Waals surface area contributed by atoms with Gasteiger partial charge in [0.1, 0.15) is 0 Å². The molecule has 1 amide bonds. The average Bonchev–Trinajstić information content (AvgIpc) is 2.74. The number of benzene rings is 2. The van der Waals surface area contributed by atoms with Crippen molar-refractivity contribution < 1.29 is 26.4 Å². The van der Waals surface area contributed by atoms with E-state index in [0.29, 0.717) is 32.7 Å². The second-order valence-electron chi connectivity index (χ2n) is 7.43. The molecule has 31 heavy (non-hydrogen) atoms. The Morgan fingerprint density at radius 1 is 0.968 bits per heavy atom. The molecule has 0 saturated carbocycles. The van der Waals surface area contributed by atoms with Crippen LogP contribution in [0.2, 0.25) is 0 Å². The van der Waals surface area contributed by atoms with Crippen LogP contribution >= 0.6 is 0 Å². The molecule has 0 atom stereocenters. The van der Waals surface area contributed by atoms with Crippen molar-refractivity contribution in [3.8, 4) is 0 Å². The van der Waals surface area contributed by atoms with Gasteiger partial charge in [-0.25, -0.2) is 8.42 Å². The number of hydrogen-bond donors (Lipinski definition) is 0. The van der Waals surface area contributed by atoms with Crippen LogP contribution in [0.15, 0.2) is 59.5 Å². The molecule has 6 nitrogen and oxygen atoms in total. The van der Waals surface area contributed by atoms with Gasteiger partial charge in [-0.2, -0.15) is 17.5 Å². The number of sulfonamides is 1. The lowest BCUT2D eigenvalue weighted by Crippen LogP contribution is -2.51. The fourth-order valence-corrected chi connectivity index (χ4v) is 4.50. The maximum atomic E-state index is 12.7. The van der Waals surface area contributed by atoms with Crippen LogP contribution < -0.4 is 0 Å². The van der Waals surface area contributed by atoms with Crippen molar-refractivity contribution in [1.82, 2.24) is 14.1 Å². The van der Waals surface area contributed by atoms with Crippen LogP contribution in [0.4, 0.5) is 13.2 Å². The number of carbonyl (C=O) groups excluding carboxylic acids is 1. The third-order valence-electron chi connectivity index (χ3n) is 5.22. The summed E-state index contributed by atoms with van der Waals surface area (Å²) in [7, 11) is -2.37. The van der Waals surface area contributed by atoms with Crippen molar-refractivity contribution >= 4 is 15.9 Å². The first-order valence-corrected chi connectivity index (χ1v) is 11.2. The largest absolute Gasteiger partial charge is 0.416 e. The topological polar surface area (TPSA) is 60.9 Å². The fourth-order valence-electron chi connectivity index (χ4n) is 3.36. The highest BCUT2D eigenvalue weighted by Crippen LogP contribution is 2.29. The number of rotatable bonds is 6. The smallest absolute Gasteiger partial charge is 0.339 e. The van der Waals surface area contributed by atoms with Gasteiger partial charge in [-0.3, -0.25) is 9.69 Å². The molecule has 0 bridgehead atoms. The van der Waals surface area contributed by atoms with E-state index in [1.807, 2.05) is 0 Å². The molecular weight excluding hydrogens is 431 g/mol. The molecule has 0 unspecified atom stereocenters. The highest BCUT2D eigenvalue weighted by molar-refractivity contribution is 7.89. The lowest BCUT2D eigenvalue weighted by atomic mass is 10.1. The molecule has 2 aromatic rings. The summed E-state index contributed by atoms with van der Waals surface area (Å²) in [4.78, 5) is 16.4. The maximum Gasteiger partial charge on any atom is 0.416 e. The van der Waals surface area contributed by atoms with E-state index >= 15 is 0 Å². The van der Waals surface area contributed by atoms with Gasteiger partial charge in [0, 0.05) is 39.8 Å². The number of nitrogens with zero attached hydrogens (tertiary/aromatic N) is 3. The number of carbonyl (C=O) groups is 1. The summed E-state index contributed by atoms with van der Waals surface area (Å²) in [6, 6.07) is 13.0. The molecule has 0 spiro atoms. The van der Waals surface area contributed by atoms with Crippen molar-refractivity contribution in [3.63, 3.8) is 0 Å². The van der Waals surface area contributed by atoms with Crippen molar-refractivity contribution in [2.75, 3.05) is 39.8 Å². The Bertz CT molecular complexity index is 988. The predicted octanol–water partition coefficient (Wildman–Crippen LogP) is 2.67. The van der Waals surface area contributed by atoms with E-state index in [2.05, 4.69) is 4.90 Å². The zero-order chi connectivity index (χ0) is 22.6. The van der Waals surface area contributed by atoms with Crippen LogP contribution in [0.25, 0.3) is 0 Å². The third kappa shape index (κ3) is 5.84. The molecule has 3 rings (SSSR count). The predicted molar refractivity (Wildman–Crippen MR) is 110 cm³/mol. The van der Waals surface area contributed by atoms with Crippen LogP contribution in [0, 0.1) is 0 Å². The number of alkyl halides is 3. The second-order valence-corrected chi connectivity index (χ2v) is 9.47. The minimum atomic E-state index is -4.36. The highest BCUT2D eigenvalue weighted by atomic mass is 32.2. The lowest BCUT2D eigenvalue weighted by Gasteiger charge is -2.35. The Labute approximate surface area is 179 Å². The monoisotopic (exact) mass is 455 g/mol. The molecule has 0 N–H and O–H groups in total. The van der Waals surface area contributed by atoms with Gasteiger partial charge in [-0.15, -0.1) is 0 Å². The van der Waals surface area contributed by atoms with Crippen molar-refractivity contribution in [3.05, 3.63) is 65.7 Å². The minimum absolute atomic E-state index is 0.131. The molecule has 1 heterocycles. The Morgan fingerprint density at radius 3 is 2.10 bits per heavy atom. The SMILES string of the molecule is CN(CC(=O)N1CCN(Cc2ccc(C(F)(F)F)cc2)CC1)S(=O)(=O)c1ccccc1. The van der Waals surface area contributed by atoms with Gasteiger partial charge < -0.3 is 4.90 Å². The molecule has 1 fully saturated rings. The Morgan fingerprint density at radius 2 is 1.55 bits per heavy atom. The normalized spacial score (nSPS) is 16.0. The molecule has 10 heteroatoms. The van der Waals surface area contributed by atoms with Crippen molar-refractivity contribution in [2.24, 2.45) is 0 Å². The first kappa shape index (κ1) is 23.2. The van der Waals surface area contributed by atoms with Crippen molar-refractivity contribution in [1.29, 1.82) is 0 Å². The molecule has 1 saturated heterocycles. The maximum absolute atomic E-state index is 12.7. The molecule has 0 radical (unpaired) electrons. The summed E-state index contributed by atoms with van der Waals surface area (Å²) >= 11 is 0. The zero-order valence-corrected chi connectivity index (χ0v) is 17.9. The number of piperazine rings is 1. The molecule has 0 aliphatic carbocycles. The molecule has 1 aliphatic rings. The number of amides is 1. The quantitative estimate of drug-likeness (QED) is 0.672. The highest BCUT2D eigenvalue weighted by Gasteiger charge is 2.30. The number of halogens is 3. The first-order valence-electron chi connectivity index (χ1n) is 9.75. The van der Waals surface area contributed by atoms with E-state index in [4.69, 9.17) is 0 Å². The summed E-state index contributed by atoms with van der Waals surface area (Å²) in [5.74, 6) is -0.281. The molecule has 0 aromatic heterocycles. The lowest BCUT2D eigenvalue weighted by molar-refractivity contribution is -0.137. The van der Waals surface area contributed by atoms with E-state index in [1.54, 1.807) is 23.1 Å². The molecule has 168 valence electrons. The Balaban J connectivity index is 1.50. The first-order chi connectivity index (χ1) is 14.6. The van der Waals surface area contributed by atoms with Gasteiger partial charge in [-0.05, 0) is 29.8 Å². The van der Waals surface area contributed by atoms with E-state index < -0.39 is 21.8 Å². The summed E-state index contributed by atoms with van der Waals surface area (Å²) in [6.07, 6.45) is -4.36. The van der Waals surface area contributed by atoms with Crippen LogP contribution in [0.3, 0.4) is 0 Å². The van der Waals surface area contributed by atoms with Gasteiger partial charge in [0.25, 0.3) is 0 Å². The Kier molecular flexibility index (Phi) is 7.03. The number of likely N-dealkylation sites (N-methyl/N-ethyl adjacent to an activating group) is 1. The fraction of sp³-hybridized carbons (Fsp3) is 0.381. The summed E-state index contributed by atoms with van der Waals surface area (Å²) in [5.41, 5.74) is 0.0858. The van der Waals surface area contributed by atoms with Crippen molar-refractivity contribution in [2.45, 2.75) is 17.6 Å². The van der Waals surface area contributed by atoms with Crippen LogP contribution in [0.1, 0.15) is 11.1 Å². The molecule has 2 aromatic carbocycles. The van der Waals surface area contributed by atoms with Gasteiger partial charge in [0.15, 0.2) is 0 Å². The second kappa shape index (κ2) is 9.37. The van der Waals surface area contributed by atoms with E-state index in [1.165, 1.54) is 31.3 Å². The average molecular weight is 456 g/mol. The van der Waals surface area contributed by atoms with Gasteiger partial charge >= 0.3 is 6.18 Å². The third-order valence-corrected chi connectivity index (χ3v) is 7.04. The van der Waals surface area contributed by atoms with Crippen LogP contribution in [-0.4, -0.2) is 68.2 Å². The standard InChI is InChI=1S/C21H24F3N3O3S/c1-25(31(29,30)19-5-3-2-4-6-19)16-20(28)27-13-11-26(12-14-27)15-17-7-9-18(10-8-17)21(22,23)24/h2-10H,11-16H2,1H3.